The van der Waals surface area contributed by atoms with E-state index in [1.54, 1.807) is 0 Å². The molecule has 0 radical (unpaired) electrons. The van der Waals surface area contributed by atoms with E-state index in [-0.39, 0.29) is 6.61 Å². The average Bonchev–Trinajstić information content (AvgIpc) is 2.62. The zero-order valence-electron chi connectivity index (χ0n) is 13.0. The molecule has 0 aliphatic rings. The summed E-state index contributed by atoms with van der Waals surface area (Å²) in [5, 5.41) is 5.00. The third-order valence-electron chi connectivity index (χ3n) is 3.03. The van der Waals surface area contributed by atoms with Gasteiger partial charge in [0.15, 0.2) is 0 Å². The second-order valence-corrected chi connectivity index (χ2v) is 4.94. The molecule has 2 rings (SSSR count). The van der Waals surface area contributed by atoms with Crippen LogP contribution in [0.4, 0.5) is 10.5 Å². The molecule has 1 amide bonds. The van der Waals surface area contributed by atoms with Crippen LogP contribution in [0, 0.1) is 11.8 Å². The Morgan fingerprint density at radius 3 is 2.67 bits per heavy atom. The van der Waals surface area contributed by atoms with Crippen molar-refractivity contribution in [1.82, 2.24) is 5.32 Å². The van der Waals surface area contributed by atoms with Crippen LogP contribution in [0.5, 0.6) is 0 Å². The molecule has 0 saturated carbocycles. The van der Waals surface area contributed by atoms with Gasteiger partial charge in [-0.1, -0.05) is 54.3 Å². The first-order valence-corrected chi connectivity index (χ1v) is 7.81. The summed E-state index contributed by atoms with van der Waals surface area (Å²) in [5.74, 6) is 6.00. The molecule has 0 aliphatic heterocycles. The summed E-state index contributed by atoms with van der Waals surface area (Å²) in [6.45, 7) is 0.667. The van der Waals surface area contributed by atoms with Crippen LogP contribution in [0.15, 0.2) is 59.6 Å². The predicted molar refractivity (Wildman–Crippen MR) is 97.3 cm³/mol. The Labute approximate surface area is 146 Å². The molecule has 1 N–H and O–H groups in total. The number of alkyl carbamates (subject to hydrolysis) is 1. The number of para-hydroxylation sites is 1. The molecule has 0 aliphatic carbocycles. The predicted octanol–water partition coefficient (Wildman–Crippen LogP) is 4.09. The van der Waals surface area contributed by atoms with Crippen LogP contribution >= 0.6 is 12.2 Å². The number of rotatable bonds is 5. The van der Waals surface area contributed by atoms with Gasteiger partial charge in [-0.3, -0.25) is 0 Å². The van der Waals surface area contributed by atoms with Gasteiger partial charge in [0, 0.05) is 13.0 Å². The second-order valence-electron chi connectivity index (χ2n) is 4.76. The molecular formula is C19H16N2O2S. The number of carbonyl (C=O) groups is 1. The summed E-state index contributed by atoms with van der Waals surface area (Å²) in [6.07, 6.45) is 0.0576. The topological polar surface area (TPSA) is 50.7 Å². The van der Waals surface area contributed by atoms with Crippen molar-refractivity contribution in [2.45, 2.75) is 13.0 Å². The molecule has 0 saturated heterocycles. The Kier molecular flexibility index (Phi) is 7.23. The maximum Gasteiger partial charge on any atom is 0.407 e. The number of ether oxygens (including phenoxy) is 1. The normalized spacial score (nSPS) is 9.17. The van der Waals surface area contributed by atoms with Crippen molar-refractivity contribution in [1.29, 1.82) is 0 Å². The third kappa shape index (κ3) is 6.05. The van der Waals surface area contributed by atoms with Crippen molar-refractivity contribution in [3.63, 3.8) is 0 Å². The van der Waals surface area contributed by atoms with E-state index in [4.69, 9.17) is 4.74 Å². The molecule has 0 aromatic heterocycles. The highest BCUT2D eigenvalue weighted by atomic mass is 32.1. The van der Waals surface area contributed by atoms with E-state index >= 15 is 0 Å². The van der Waals surface area contributed by atoms with Crippen molar-refractivity contribution in [2.75, 3.05) is 6.54 Å². The lowest BCUT2D eigenvalue weighted by molar-refractivity contribution is 0.140. The fourth-order valence-corrected chi connectivity index (χ4v) is 1.98. The fourth-order valence-electron chi connectivity index (χ4n) is 1.88. The van der Waals surface area contributed by atoms with E-state index in [0.717, 1.165) is 11.1 Å². The van der Waals surface area contributed by atoms with Gasteiger partial charge in [-0.2, -0.15) is 4.99 Å². The first-order chi connectivity index (χ1) is 11.8. The van der Waals surface area contributed by atoms with E-state index in [1.807, 2.05) is 54.6 Å². The molecule has 0 fully saturated rings. The summed E-state index contributed by atoms with van der Waals surface area (Å²) < 4.78 is 5.11. The highest BCUT2D eigenvalue weighted by Crippen LogP contribution is 2.16. The van der Waals surface area contributed by atoms with Gasteiger partial charge in [0.1, 0.15) is 6.61 Å². The third-order valence-corrected chi connectivity index (χ3v) is 3.12. The Bertz CT molecular complexity index is 788. The smallest absolute Gasteiger partial charge is 0.407 e. The minimum absolute atomic E-state index is 0.251. The highest BCUT2D eigenvalue weighted by molar-refractivity contribution is 7.78. The number of nitrogens with one attached hydrogen (secondary N) is 1. The van der Waals surface area contributed by atoms with Gasteiger partial charge in [-0.15, -0.1) is 0 Å². The summed E-state index contributed by atoms with van der Waals surface area (Å²) in [6, 6.07) is 16.9. The summed E-state index contributed by atoms with van der Waals surface area (Å²) in [5.41, 5.74) is 2.42. The maximum atomic E-state index is 11.6. The zero-order valence-corrected chi connectivity index (χ0v) is 13.8. The molecule has 4 nitrogen and oxygen atoms in total. The van der Waals surface area contributed by atoms with Crippen LogP contribution in [-0.4, -0.2) is 17.8 Å². The number of benzene rings is 2. The molecule has 5 heteroatoms. The van der Waals surface area contributed by atoms with Gasteiger partial charge >= 0.3 is 6.09 Å². The van der Waals surface area contributed by atoms with Gasteiger partial charge in [-0.25, -0.2) is 4.79 Å². The van der Waals surface area contributed by atoms with Gasteiger partial charge in [0.05, 0.1) is 16.4 Å². The fraction of sp³-hybridized carbons (Fsp3) is 0.158. The minimum Gasteiger partial charge on any atom is -0.445 e. The van der Waals surface area contributed by atoms with Gasteiger partial charge < -0.3 is 10.1 Å². The summed E-state index contributed by atoms with van der Waals surface area (Å²) >= 11 is 4.61. The molecule has 0 spiro atoms. The van der Waals surface area contributed by atoms with Crippen molar-refractivity contribution < 1.29 is 9.53 Å². The molecule has 24 heavy (non-hydrogen) atoms. The van der Waals surface area contributed by atoms with Crippen molar-refractivity contribution in [3.8, 4) is 11.8 Å². The average molecular weight is 336 g/mol. The molecule has 120 valence electrons. The highest BCUT2D eigenvalue weighted by Gasteiger charge is 2.00. The van der Waals surface area contributed by atoms with E-state index in [2.05, 4.69) is 39.5 Å². The number of nitrogens with zero attached hydrogens (tertiary/aromatic N) is 1. The molecule has 2 aromatic rings. The van der Waals surface area contributed by atoms with Crippen molar-refractivity contribution in [2.24, 2.45) is 4.99 Å². The number of hydrogen-bond donors (Lipinski definition) is 1. The van der Waals surface area contributed by atoms with Gasteiger partial charge in [0.25, 0.3) is 0 Å². The lowest BCUT2D eigenvalue weighted by atomic mass is 10.2. The first kappa shape index (κ1) is 17.4. The van der Waals surface area contributed by atoms with Crippen LogP contribution in [0.2, 0.25) is 0 Å². The number of isothiocyanates is 1. The van der Waals surface area contributed by atoms with Crippen LogP contribution < -0.4 is 5.32 Å². The first-order valence-electron chi connectivity index (χ1n) is 7.40. The Morgan fingerprint density at radius 1 is 1.12 bits per heavy atom. The molecule has 0 atom stereocenters. The number of aliphatic imine (C=N–C) groups is 1. The number of hydrogen-bond acceptors (Lipinski definition) is 4. The summed E-state index contributed by atoms with van der Waals surface area (Å²) in [4.78, 5) is 15.5. The number of thiocarbonyl (C=S) groups is 1. The molecule has 0 heterocycles. The molecule has 0 bridgehead atoms. The summed E-state index contributed by atoms with van der Waals surface area (Å²) in [7, 11) is 0. The van der Waals surface area contributed by atoms with E-state index in [9.17, 15) is 4.79 Å². The van der Waals surface area contributed by atoms with Gasteiger partial charge in [0.2, 0.25) is 0 Å². The van der Waals surface area contributed by atoms with Crippen LogP contribution in [0.3, 0.4) is 0 Å². The second kappa shape index (κ2) is 9.96. The standard InChI is InChI=1S/C19H16N2O2S/c22-19(23-14-16-8-2-1-3-9-16)20-13-7-6-11-17-10-4-5-12-18(17)21-15-24/h1-5,8-10,12H,7,13-14H2,(H,20,22). The van der Waals surface area contributed by atoms with E-state index < -0.39 is 6.09 Å². The van der Waals surface area contributed by atoms with E-state index in [0.29, 0.717) is 18.7 Å². The minimum atomic E-state index is -0.452. The van der Waals surface area contributed by atoms with E-state index in [1.165, 1.54) is 0 Å². The lowest BCUT2D eigenvalue weighted by Gasteiger charge is -2.05. The number of carbonyl (C=O) groups excluding carboxylic acids is 1. The monoisotopic (exact) mass is 336 g/mol. The maximum absolute atomic E-state index is 11.6. The van der Waals surface area contributed by atoms with Gasteiger partial charge in [-0.05, 0) is 29.9 Å². The Hall–Kier alpha value is -2.93. The number of amides is 1. The Morgan fingerprint density at radius 2 is 1.88 bits per heavy atom. The molecule has 0 unspecified atom stereocenters. The van der Waals surface area contributed by atoms with Crippen molar-refractivity contribution >= 4 is 29.2 Å². The molecule has 2 aromatic carbocycles. The van der Waals surface area contributed by atoms with Crippen LogP contribution in [-0.2, 0) is 11.3 Å². The molecular weight excluding hydrogens is 320 g/mol. The lowest BCUT2D eigenvalue weighted by Crippen LogP contribution is -2.24. The van der Waals surface area contributed by atoms with Crippen molar-refractivity contribution in [3.05, 3.63) is 65.7 Å². The zero-order chi connectivity index (χ0) is 17.0. The Balaban J connectivity index is 1.73. The quantitative estimate of drug-likeness (QED) is 0.387. The SMILES string of the molecule is O=C(NCCC#Cc1ccccc1N=C=S)OCc1ccccc1. The van der Waals surface area contributed by atoms with Crippen LogP contribution in [0.25, 0.3) is 0 Å². The largest absolute Gasteiger partial charge is 0.445 e. The van der Waals surface area contributed by atoms with Crippen LogP contribution in [0.1, 0.15) is 17.5 Å².